The van der Waals surface area contributed by atoms with Crippen LogP contribution >= 0.6 is 0 Å². The zero-order valence-electron chi connectivity index (χ0n) is 5.42. The molecule has 4 nitrogen and oxygen atoms in total. The Kier molecular flexibility index (Phi) is 2.61. The number of nitrogens with zero attached hydrogens (tertiary/aromatic N) is 1. The number of aromatic nitrogens is 1. The Morgan fingerprint density at radius 3 is 3.09 bits per heavy atom. The SMILES string of the molecule is Oc1noc2c1CCNC2.[LiH]. The van der Waals surface area contributed by atoms with Gasteiger partial charge in [0, 0.05) is 0 Å². The van der Waals surface area contributed by atoms with Gasteiger partial charge in [0.15, 0.2) is 5.76 Å². The molecule has 11 heavy (non-hydrogen) atoms. The molecule has 0 amide bonds. The summed E-state index contributed by atoms with van der Waals surface area (Å²) in [7, 11) is 0. The summed E-state index contributed by atoms with van der Waals surface area (Å²) in [5.41, 5.74) is 0.860. The van der Waals surface area contributed by atoms with Crippen LogP contribution in [0, 0.1) is 0 Å². The van der Waals surface area contributed by atoms with Crippen molar-refractivity contribution in [1.82, 2.24) is 10.5 Å². The number of rotatable bonds is 0. The van der Waals surface area contributed by atoms with E-state index >= 15 is 0 Å². The standard InChI is InChI=1S/C6H8N2O2.Li.H/c9-6-4-1-2-7-3-5(4)10-8-6;;/h7H,1-3H2,(H,8,9);;. The first kappa shape index (κ1) is 8.66. The quantitative estimate of drug-likeness (QED) is 0.481. The van der Waals surface area contributed by atoms with Crippen LogP contribution < -0.4 is 5.32 Å². The predicted molar refractivity (Wildman–Crippen MR) is 40.7 cm³/mol. The van der Waals surface area contributed by atoms with E-state index in [9.17, 15) is 0 Å². The first-order valence-corrected chi connectivity index (χ1v) is 3.25. The van der Waals surface area contributed by atoms with Gasteiger partial charge in [-0.3, -0.25) is 0 Å². The molecule has 0 aromatic carbocycles. The maximum absolute atomic E-state index is 9.06. The number of aromatic hydroxyl groups is 1. The third-order valence-electron chi connectivity index (χ3n) is 1.69. The number of fused-ring (bicyclic) bond motifs is 1. The van der Waals surface area contributed by atoms with Crippen LogP contribution in [-0.4, -0.2) is 35.7 Å². The van der Waals surface area contributed by atoms with E-state index in [0.717, 1.165) is 24.3 Å². The normalized spacial score (nSPS) is 15.3. The van der Waals surface area contributed by atoms with Crippen molar-refractivity contribution in [3.8, 4) is 5.88 Å². The first-order chi connectivity index (χ1) is 4.88. The van der Waals surface area contributed by atoms with Crippen molar-refractivity contribution >= 4 is 18.9 Å². The van der Waals surface area contributed by atoms with Crippen LogP contribution in [0.25, 0.3) is 0 Å². The van der Waals surface area contributed by atoms with Gasteiger partial charge in [0.25, 0.3) is 5.88 Å². The van der Waals surface area contributed by atoms with Crippen molar-refractivity contribution in [3.63, 3.8) is 0 Å². The first-order valence-electron chi connectivity index (χ1n) is 3.25. The van der Waals surface area contributed by atoms with E-state index in [1.807, 2.05) is 0 Å². The van der Waals surface area contributed by atoms with Gasteiger partial charge in [-0.05, 0) is 18.1 Å². The third-order valence-corrected chi connectivity index (χ3v) is 1.69. The maximum atomic E-state index is 9.06. The van der Waals surface area contributed by atoms with E-state index in [4.69, 9.17) is 9.63 Å². The zero-order chi connectivity index (χ0) is 6.97. The summed E-state index contributed by atoms with van der Waals surface area (Å²) in [6.45, 7) is 1.57. The van der Waals surface area contributed by atoms with E-state index in [2.05, 4.69) is 10.5 Å². The van der Waals surface area contributed by atoms with E-state index in [0.29, 0.717) is 6.54 Å². The molecule has 0 unspecified atom stereocenters. The minimum absolute atomic E-state index is 0. The molecule has 56 valence electrons. The van der Waals surface area contributed by atoms with Crippen molar-refractivity contribution in [2.75, 3.05) is 6.54 Å². The van der Waals surface area contributed by atoms with Crippen LogP contribution in [0.4, 0.5) is 0 Å². The number of hydrogen-bond acceptors (Lipinski definition) is 4. The van der Waals surface area contributed by atoms with Gasteiger partial charge >= 0.3 is 18.9 Å². The second kappa shape index (κ2) is 3.31. The molecule has 1 aliphatic heterocycles. The van der Waals surface area contributed by atoms with Gasteiger partial charge in [0.2, 0.25) is 0 Å². The summed E-state index contributed by atoms with van der Waals surface area (Å²) in [6, 6.07) is 0. The van der Waals surface area contributed by atoms with Crippen molar-refractivity contribution in [2.45, 2.75) is 13.0 Å². The molecule has 0 fully saturated rings. The number of nitrogens with one attached hydrogen (secondary N) is 1. The van der Waals surface area contributed by atoms with Crippen LogP contribution in [0.15, 0.2) is 4.52 Å². The van der Waals surface area contributed by atoms with E-state index < -0.39 is 0 Å². The molecule has 0 atom stereocenters. The van der Waals surface area contributed by atoms with Crippen molar-refractivity contribution in [1.29, 1.82) is 0 Å². The summed E-state index contributed by atoms with van der Waals surface area (Å²) in [4.78, 5) is 0. The molecular formula is C6H9LiN2O2. The average Bonchev–Trinajstić information content (AvgIpc) is 2.34. The molecule has 0 aliphatic carbocycles. The molecule has 1 aromatic heterocycles. The fourth-order valence-corrected chi connectivity index (χ4v) is 1.14. The van der Waals surface area contributed by atoms with E-state index in [1.165, 1.54) is 0 Å². The molecule has 0 bridgehead atoms. The van der Waals surface area contributed by atoms with Crippen LogP contribution in [0.5, 0.6) is 5.88 Å². The molecule has 2 heterocycles. The zero-order valence-corrected chi connectivity index (χ0v) is 5.42. The van der Waals surface area contributed by atoms with E-state index in [1.54, 1.807) is 0 Å². The molecule has 0 radical (unpaired) electrons. The number of hydrogen-bond donors (Lipinski definition) is 2. The molecule has 2 N–H and O–H groups in total. The molecule has 0 saturated carbocycles. The van der Waals surface area contributed by atoms with Gasteiger partial charge in [-0.1, -0.05) is 0 Å². The summed E-state index contributed by atoms with van der Waals surface area (Å²) >= 11 is 0. The second-order valence-corrected chi connectivity index (χ2v) is 2.33. The fraction of sp³-hybridized carbons (Fsp3) is 0.500. The topological polar surface area (TPSA) is 58.3 Å². The Morgan fingerprint density at radius 2 is 2.36 bits per heavy atom. The molecule has 1 aliphatic rings. The Morgan fingerprint density at radius 1 is 1.55 bits per heavy atom. The average molecular weight is 148 g/mol. The summed E-state index contributed by atoms with van der Waals surface area (Å²) < 4.78 is 4.82. The van der Waals surface area contributed by atoms with Crippen molar-refractivity contribution in [3.05, 3.63) is 11.3 Å². The molecule has 1 aromatic rings. The van der Waals surface area contributed by atoms with Crippen LogP contribution in [0.1, 0.15) is 11.3 Å². The van der Waals surface area contributed by atoms with Gasteiger partial charge in [0.1, 0.15) is 0 Å². The fourth-order valence-electron chi connectivity index (χ4n) is 1.14. The summed E-state index contributed by atoms with van der Waals surface area (Å²) in [5, 5.41) is 15.6. The van der Waals surface area contributed by atoms with Crippen molar-refractivity contribution in [2.24, 2.45) is 0 Å². The van der Waals surface area contributed by atoms with Crippen molar-refractivity contribution < 1.29 is 9.63 Å². The molecule has 0 spiro atoms. The second-order valence-electron chi connectivity index (χ2n) is 2.33. The molecule has 0 saturated heterocycles. The minimum atomic E-state index is 0. The Labute approximate surface area is 76.1 Å². The molecular weight excluding hydrogens is 139 g/mol. The van der Waals surface area contributed by atoms with Gasteiger partial charge in [-0.15, -0.1) is 0 Å². The monoisotopic (exact) mass is 148 g/mol. The van der Waals surface area contributed by atoms with Gasteiger partial charge in [0.05, 0.1) is 12.1 Å². The van der Waals surface area contributed by atoms with Crippen LogP contribution in [0.2, 0.25) is 0 Å². The Balaban J connectivity index is 0.000000605. The summed E-state index contributed by atoms with van der Waals surface area (Å²) in [5.74, 6) is 0.820. The predicted octanol–water partition coefficient (Wildman–Crippen LogP) is -0.623. The van der Waals surface area contributed by atoms with Gasteiger partial charge in [-0.25, -0.2) is 0 Å². The Hall–Kier alpha value is -0.433. The molecule has 2 rings (SSSR count). The van der Waals surface area contributed by atoms with Gasteiger partial charge < -0.3 is 14.9 Å². The van der Waals surface area contributed by atoms with Crippen LogP contribution in [-0.2, 0) is 13.0 Å². The molecule has 5 heteroatoms. The van der Waals surface area contributed by atoms with Crippen LogP contribution in [0.3, 0.4) is 0 Å². The summed E-state index contributed by atoms with van der Waals surface area (Å²) in [6.07, 6.45) is 0.810. The van der Waals surface area contributed by atoms with E-state index in [-0.39, 0.29) is 24.7 Å². The van der Waals surface area contributed by atoms with Gasteiger partial charge in [-0.2, -0.15) is 0 Å². The Bertz CT molecular complexity index is 249. The third kappa shape index (κ3) is 1.43.